The average Bonchev–Trinajstić information content (AvgIpc) is 2.15. The van der Waals surface area contributed by atoms with Gasteiger partial charge in [0.25, 0.3) is 5.91 Å². The number of hydrogen-bond acceptors (Lipinski definition) is 4. The van der Waals surface area contributed by atoms with Gasteiger partial charge in [0.2, 0.25) is 0 Å². The molecule has 0 aromatic carbocycles. The maximum Gasteiger partial charge on any atom is 0.254 e. The Kier molecular flexibility index (Phi) is 5.73. The van der Waals surface area contributed by atoms with Crippen molar-refractivity contribution >= 4 is 12.1 Å². The van der Waals surface area contributed by atoms with E-state index >= 15 is 0 Å². The Balaban J connectivity index is 4.00. The molecule has 0 aliphatic rings. The van der Waals surface area contributed by atoms with E-state index in [1.807, 2.05) is 13.8 Å². The Morgan fingerprint density at radius 1 is 1.47 bits per heavy atom. The molecule has 0 aliphatic carbocycles. The summed E-state index contributed by atoms with van der Waals surface area (Å²) in [5.74, 6) is -0.426. The molecule has 0 aliphatic heterocycles. The van der Waals surface area contributed by atoms with Crippen LogP contribution in [-0.2, 0) is 4.79 Å². The predicted molar refractivity (Wildman–Crippen MR) is 55.5 cm³/mol. The van der Waals surface area contributed by atoms with Crippen LogP contribution in [0.1, 0.15) is 33.1 Å². The molecule has 0 radical (unpaired) electrons. The van der Waals surface area contributed by atoms with Crippen LogP contribution >= 0.6 is 0 Å². The van der Waals surface area contributed by atoms with Crippen LogP contribution in [0.15, 0.2) is 5.10 Å². The molecule has 15 heavy (non-hydrogen) atoms. The molecular formula is C10H14N4O. The van der Waals surface area contributed by atoms with Crippen LogP contribution in [0.5, 0.6) is 0 Å². The van der Waals surface area contributed by atoms with E-state index in [-0.39, 0.29) is 11.8 Å². The van der Waals surface area contributed by atoms with Crippen molar-refractivity contribution in [1.82, 2.24) is 5.43 Å². The number of carbonyl (C=O) groups excluding carboxylic acids is 1. The average molecular weight is 206 g/mol. The number of nitrogens with zero attached hydrogens (tertiary/aromatic N) is 3. The second-order valence-corrected chi connectivity index (χ2v) is 3.77. The van der Waals surface area contributed by atoms with Crippen molar-refractivity contribution in [1.29, 1.82) is 10.5 Å². The van der Waals surface area contributed by atoms with Crippen molar-refractivity contribution < 1.29 is 4.79 Å². The van der Waals surface area contributed by atoms with Crippen molar-refractivity contribution in [3.8, 4) is 12.1 Å². The van der Waals surface area contributed by atoms with Gasteiger partial charge >= 0.3 is 0 Å². The SMILES string of the molecule is CC(C)(/C=N\NC(=O)CC#N)CCC#N. The molecule has 5 heteroatoms. The lowest BCUT2D eigenvalue weighted by Crippen LogP contribution is -2.20. The molecule has 0 unspecified atom stereocenters. The largest absolute Gasteiger partial charge is 0.272 e. The molecule has 0 aromatic rings. The summed E-state index contributed by atoms with van der Waals surface area (Å²) in [6, 6.07) is 3.77. The Bertz CT molecular complexity index is 319. The van der Waals surface area contributed by atoms with E-state index in [0.29, 0.717) is 12.8 Å². The zero-order valence-electron chi connectivity index (χ0n) is 8.95. The molecule has 0 spiro atoms. The highest BCUT2D eigenvalue weighted by atomic mass is 16.2. The molecule has 0 saturated carbocycles. The fourth-order valence-corrected chi connectivity index (χ4v) is 0.833. The van der Waals surface area contributed by atoms with Crippen molar-refractivity contribution in [2.24, 2.45) is 10.5 Å². The summed E-state index contributed by atoms with van der Waals surface area (Å²) >= 11 is 0. The van der Waals surface area contributed by atoms with Crippen molar-refractivity contribution in [2.45, 2.75) is 33.1 Å². The molecule has 0 aromatic heterocycles. The minimum absolute atomic E-state index is 0.198. The Hall–Kier alpha value is -1.88. The van der Waals surface area contributed by atoms with Gasteiger partial charge in [-0.3, -0.25) is 4.79 Å². The highest BCUT2D eigenvalue weighted by Gasteiger charge is 2.14. The maximum atomic E-state index is 10.8. The monoisotopic (exact) mass is 206 g/mol. The third-order valence-electron chi connectivity index (χ3n) is 1.72. The molecule has 0 fully saturated rings. The van der Waals surface area contributed by atoms with E-state index in [0.717, 1.165) is 0 Å². The summed E-state index contributed by atoms with van der Waals surface area (Å²) in [5, 5.41) is 20.4. The molecule has 0 saturated heterocycles. The Morgan fingerprint density at radius 2 is 2.13 bits per heavy atom. The highest BCUT2D eigenvalue weighted by Crippen LogP contribution is 2.18. The first-order valence-electron chi connectivity index (χ1n) is 4.59. The number of amides is 1. The molecule has 80 valence electrons. The number of nitrogens with one attached hydrogen (secondary N) is 1. The van der Waals surface area contributed by atoms with Crippen LogP contribution in [0, 0.1) is 28.1 Å². The minimum atomic E-state index is -0.426. The van der Waals surface area contributed by atoms with Gasteiger partial charge in [-0.1, -0.05) is 13.8 Å². The zero-order chi connectivity index (χ0) is 11.7. The molecule has 5 nitrogen and oxygen atoms in total. The molecule has 0 atom stereocenters. The number of rotatable bonds is 5. The van der Waals surface area contributed by atoms with Gasteiger partial charge in [0.15, 0.2) is 0 Å². The summed E-state index contributed by atoms with van der Waals surface area (Å²) in [5.41, 5.74) is 2.01. The van der Waals surface area contributed by atoms with E-state index < -0.39 is 5.91 Å². The zero-order valence-corrected chi connectivity index (χ0v) is 8.95. The minimum Gasteiger partial charge on any atom is -0.272 e. The third-order valence-corrected chi connectivity index (χ3v) is 1.72. The van der Waals surface area contributed by atoms with Gasteiger partial charge < -0.3 is 0 Å². The Labute approximate surface area is 89.4 Å². The fraction of sp³-hybridized carbons (Fsp3) is 0.600. The quantitative estimate of drug-likeness (QED) is 0.543. The second kappa shape index (κ2) is 6.56. The van der Waals surface area contributed by atoms with Crippen molar-refractivity contribution in [3.63, 3.8) is 0 Å². The maximum absolute atomic E-state index is 10.8. The van der Waals surface area contributed by atoms with E-state index in [4.69, 9.17) is 10.5 Å². The highest BCUT2D eigenvalue weighted by molar-refractivity contribution is 5.79. The fourth-order valence-electron chi connectivity index (χ4n) is 0.833. The first-order valence-corrected chi connectivity index (χ1v) is 4.59. The molecule has 1 amide bonds. The van der Waals surface area contributed by atoms with Crippen molar-refractivity contribution in [2.75, 3.05) is 0 Å². The van der Waals surface area contributed by atoms with Gasteiger partial charge in [0, 0.05) is 18.1 Å². The van der Waals surface area contributed by atoms with E-state index in [2.05, 4.69) is 16.6 Å². The van der Waals surface area contributed by atoms with Crippen LogP contribution in [0.25, 0.3) is 0 Å². The summed E-state index contributed by atoms with van der Waals surface area (Å²) < 4.78 is 0. The summed E-state index contributed by atoms with van der Waals surface area (Å²) in [6.45, 7) is 3.84. The summed E-state index contributed by atoms with van der Waals surface area (Å²) in [6.07, 6.45) is 2.52. The van der Waals surface area contributed by atoms with Crippen LogP contribution < -0.4 is 5.43 Å². The van der Waals surface area contributed by atoms with Gasteiger partial charge in [0.05, 0.1) is 12.1 Å². The van der Waals surface area contributed by atoms with Gasteiger partial charge in [-0.15, -0.1) is 0 Å². The molecule has 0 bridgehead atoms. The predicted octanol–water partition coefficient (Wildman–Crippen LogP) is 1.33. The summed E-state index contributed by atoms with van der Waals surface area (Å²) in [4.78, 5) is 10.8. The summed E-state index contributed by atoms with van der Waals surface area (Å²) in [7, 11) is 0. The van der Waals surface area contributed by atoms with E-state index in [9.17, 15) is 4.79 Å². The molecule has 0 rings (SSSR count). The van der Waals surface area contributed by atoms with Gasteiger partial charge in [-0.25, -0.2) is 5.43 Å². The molecule has 1 N–H and O–H groups in total. The third kappa shape index (κ3) is 7.21. The van der Waals surface area contributed by atoms with E-state index in [1.165, 1.54) is 0 Å². The van der Waals surface area contributed by atoms with Gasteiger partial charge in [0.1, 0.15) is 6.42 Å². The van der Waals surface area contributed by atoms with Crippen LogP contribution in [-0.4, -0.2) is 12.1 Å². The second-order valence-electron chi connectivity index (χ2n) is 3.77. The first-order chi connectivity index (χ1) is 7.02. The first kappa shape index (κ1) is 13.1. The topological polar surface area (TPSA) is 89.0 Å². The number of hydrogen-bond donors (Lipinski definition) is 1. The van der Waals surface area contributed by atoms with Crippen LogP contribution in [0.4, 0.5) is 0 Å². The molecule has 0 heterocycles. The van der Waals surface area contributed by atoms with Gasteiger partial charge in [-0.05, 0) is 6.42 Å². The van der Waals surface area contributed by atoms with Crippen LogP contribution in [0.2, 0.25) is 0 Å². The van der Waals surface area contributed by atoms with Crippen molar-refractivity contribution in [3.05, 3.63) is 0 Å². The molecular weight excluding hydrogens is 192 g/mol. The number of hydrazone groups is 1. The normalized spacial score (nSPS) is 10.7. The lowest BCUT2D eigenvalue weighted by Gasteiger charge is -2.16. The number of carbonyl (C=O) groups is 1. The standard InChI is InChI=1S/C10H14N4O/c1-10(2,5-3-6-11)8-13-14-9(15)4-7-12/h8H,3-5H2,1-2H3,(H,14,15)/b13-8-. The van der Waals surface area contributed by atoms with Gasteiger partial charge in [-0.2, -0.15) is 15.6 Å². The smallest absolute Gasteiger partial charge is 0.254 e. The van der Waals surface area contributed by atoms with Crippen LogP contribution in [0.3, 0.4) is 0 Å². The van der Waals surface area contributed by atoms with E-state index in [1.54, 1.807) is 12.3 Å². The number of nitriles is 2. The lowest BCUT2D eigenvalue weighted by atomic mass is 9.90. The Morgan fingerprint density at radius 3 is 2.67 bits per heavy atom. The lowest BCUT2D eigenvalue weighted by molar-refractivity contribution is -0.120.